The van der Waals surface area contributed by atoms with E-state index in [4.69, 9.17) is 10.2 Å². The summed E-state index contributed by atoms with van der Waals surface area (Å²) in [5, 5.41) is 17.8. The molecule has 2 heteroatoms. The first kappa shape index (κ1) is 9.92. The smallest absolute Gasteiger partial charge is 0.0537 e. The Bertz CT molecular complexity index is 81.3. The molecule has 0 aliphatic carbocycles. The van der Waals surface area contributed by atoms with Gasteiger partial charge in [0.05, 0.1) is 6.10 Å². The third-order valence-corrected chi connectivity index (χ3v) is 1.91. The fourth-order valence-corrected chi connectivity index (χ4v) is 0.906. The van der Waals surface area contributed by atoms with Crippen LogP contribution in [0.25, 0.3) is 0 Å². The Hall–Kier alpha value is -0.0800. The molecule has 0 aromatic carbocycles. The van der Waals surface area contributed by atoms with Gasteiger partial charge in [-0.3, -0.25) is 0 Å². The SMILES string of the molecule is C[C@H](CO)C[C@@H](C)[C@@H](C)O. The van der Waals surface area contributed by atoms with E-state index in [0.29, 0.717) is 11.8 Å². The summed E-state index contributed by atoms with van der Waals surface area (Å²) in [7, 11) is 0. The maximum Gasteiger partial charge on any atom is 0.0537 e. The maximum absolute atomic E-state index is 9.08. The second-order valence-electron chi connectivity index (χ2n) is 3.24. The molecule has 0 fully saturated rings. The summed E-state index contributed by atoms with van der Waals surface area (Å²) < 4.78 is 0. The molecule has 0 aromatic heterocycles. The Morgan fingerprint density at radius 3 is 2.00 bits per heavy atom. The Morgan fingerprint density at radius 2 is 1.70 bits per heavy atom. The lowest BCUT2D eigenvalue weighted by atomic mass is 9.94. The van der Waals surface area contributed by atoms with Crippen molar-refractivity contribution in [3.63, 3.8) is 0 Å². The molecule has 0 saturated carbocycles. The van der Waals surface area contributed by atoms with E-state index in [0.717, 1.165) is 6.42 Å². The highest BCUT2D eigenvalue weighted by atomic mass is 16.3. The fraction of sp³-hybridized carbons (Fsp3) is 1.00. The lowest BCUT2D eigenvalue weighted by molar-refractivity contribution is 0.109. The molecule has 0 saturated heterocycles. The van der Waals surface area contributed by atoms with Crippen LogP contribution in [0, 0.1) is 11.8 Å². The van der Waals surface area contributed by atoms with Gasteiger partial charge in [-0.1, -0.05) is 13.8 Å². The average molecular weight is 146 g/mol. The molecule has 62 valence electrons. The van der Waals surface area contributed by atoms with Crippen molar-refractivity contribution in [2.45, 2.75) is 33.3 Å². The van der Waals surface area contributed by atoms with E-state index in [1.54, 1.807) is 6.92 Å². The van der Waals surface area contributed by atoms with Gasteiger partial charge in [-0.2, -0.15) is 0 Å². The summed E-state index contributed by atoms with van der Waals surface area (Å²) in [6.07, 6.45) is 0.641. The lowest BCUT2D eigenvalue weighted by Crippen LogP contribution is -2.17. The second kappa shape index (κ2) is 4.69. The van der Waals surface area contributed by atoms with Crippen molar-refractivity contribution >= 4 is 0 Å². The van der Waals surface area contributed by atoms with Crippen molar-refractivity contribution in [1.82, 2.24) is 0 Å². The van der Waals surface area contributed by atoms with Crippen molar-refractivity contribution in [1.29, 1.82) is 0 Å². The first-order chi connectivity index (χ1) is 4.57. The van der Waals surface area contributed by atoms with Crippen LogP contribution < -0.4 is 0 Å². The lowest BCUT2D eigenvalue weighted by Gasteiger charge is -2.17. The first-order valence-corrected chi connectivity index (χ1v) is 3.86. The molecule has 2 nitrogen and oxygen atoms in total. The van der Waals surface area contributed by atoms with Gasteiger partial charge in [-0.25, -0.2) is 0 Å². The summed E-state index contributed by atoms with van der Waals surface area (Å²) in [5.74, 6) is 0.603. The zero-order valence-corrected chi connectivity index (χ0v) is 7.04. The Labute approximate surface area is 62.9 Å². The summed E-state index contributed by atoms with van der Waals surface area (Å²) in [4.78, 5) is 0. The molecule has 0 amide bonds. The Kier molecular flexibility index (Phi) is 4.65. The van der Waals surface area contributed by atoms with E-state index in [2.05, 4.69) is 0 Å². The van der Waals surface area contributed by atoms with E-state index in [9.17, 15) is 0 Å². The number of aliphatic hydroxyl groups excluding tert-OH is 2. The number of aliphatic hydroxyl groups is 2. The molecule has 0 spiro atoms. The van der Waals surface area contributed by atoms with E-state index in [1.165, 1.54) is 0 Å². The van der Waals surface area contributed by atoms with Crippen LogP contribution in [0.15, 0.2) is 0 Å². The highest BCUT2D eigenvalue weighted by Gasteiger charge is 2.11. The summed E-state index contributed by atoms with van der Waals surface area (Å²) in [5.41, 5.74) is 0. The molecule has 3 atom stereocenters. The van der Waals surface area contributed by atoms with Gasteiger partial charge in [0.1, 0.15) is 0 Å². The highest BCUT2D eigenvalue weighted by molar-refractivity contribution is 4.62. The molecular formula is C8H18O2. The summed E-state index contributed by atoms with van der Waals surface area (Å²) >= 11 is 0. The maximum atomic E-state index is 9.08. The van der Waals surface area contributed by atoms with Crippen LogP contribution in [0.1, 0.15) is 27.2 Å². The summed E-state index contributed by atoms with van der Waals surface area (Å²) in [6, 6.07) is 0. The van der Waals surface area contributed by atoms with E-state index in [1.807, 2.05) is 13.8 Å². The molecule has 0 rings (SSSR count). The molecule has 0 aromatic rings. The van der Waals surface area contributed by atoms with Gasteiger partial charge in [-0.15, -0.1) is 0 Å². The van der Waals surface area contributed by atoms with Gasteiger partial charge >= 0.3 is 0 Å². The average Bonchev–Trinajstić information content (AvgIpc) is 1.87. The predicted molar refractivity (Wildman–Crippen MR) is 41.7 cm³/mol. The van der Waals surface area contributed by atoms with Crippen molar-refractivity contribution in [2.24, 2.45) is 11.8 Å². The first-order valence-electron chi connectivity index (χ1n) is 3.86. The normalized spacial score (nSPS) is 20.1. The fourth-order valence-electron chi connectivity index (χ4n) is 0.906. The van der Waals surface area contributed by atoms with Gasteiger partial charge in [0, 0.05) is 6.61 Å². The molecule has 0 aliphatic rings. The predicted octanol–water partition coefficient (Wildman–Crippen LogP) is 1.02. The summed E-state index contributed by atoms with van der Waals surface area (Å²) in [6.45, 7) is 5.99. The van der Waals surface area contributed by atoms with Gasteiger partial charge in [0.2, 0.25) is 0 Å². The second-order valence-corrected chi connectivity index (χ2v) is 3.24. The van der Waals surface area contributed by atoms with Crippen LogP contribution in [0.3, 0.4) is 0 Å². The van der Waals surface area contributed by atoms with Crippen LogP contribution in [-0.4, -0.2) is 22.9 Å². The number of hydrogen-bond acceptors (Lipinski definition) is 2. The topological polar surface area (TPSA) is 40.5 Å². The third kappa shape index (κ3) is 3.85. The monoisotopic (exact) mass is 146 g/mol. The van der Waals surface area contributed by atoms with E-state index in [-0.39, 0.29) is 12.7 Å². The molecule has 2 N–H and O–H groups in total. The van der Waals surface area contributed by atoms with Gasteiger partial charge in [0.15, 0.2) is 0 Å². The Morgan fingerprint density at radius 1 is 1.20 bits per heavy atom. The standard InChI is InChI=1S/C8H18O2/c1-6(5-9)4-7(2)8(3)10/h6-10H,4-5H2,1-3H3/t6-,7+,8+/m0/s1. The van der Waals surface area contributed by atoms with E-state index < -0.39 is 0 Å². The zero-order valence-electron chi connectivity index (χ0n) is 7.04. The molecular weight excluding hydrogens is 128 g/mol. The molecule has 0 bridgehead atoms. The van der Waals surface area contributed by atoms with Crippen molar-refractivity contribution in [3.8, 4) is 0 Å². The molecule has 10 heavy (non-hydrogen) atoms. The van der Waals surface area contributed by atoms with Crippen molar-refractivity contribution in [2.75, 3.05) is 6.61 Å². The Balaban J connectivity index is 3.46. The molecule has 0 aliphatic heterocycles. The quantitative estimate of drug-likeness (QED) is 0.621. The molecule has 0 radical (unpaired) electrons. The third-order valence-electron chi connectivity index (χ3n) is 1.91. The molecule has 0 unspecified atom stereocenters. The van der Waals surface area contributed by atoms with Crippen LogP contribution in [0.5, 0.6) is 0 Å². The zero-order chi connectivity index (χ0) is 8.15. The molecule has 0 heterocycles. The van der Waals surface area contributed by atoms with E-state index >= 15 is 0 Å². The minimum atomic E-state index is -0.256. The van der Waals surface area contributed by atoms with Crippen molar-refractivity contribution in [3.05, 3.63) is 0 Å². The van der Waals surface area contributed by atoms with Crippen LogP contribution in [0.4, 0.5) is 0 Å². The van der Waals surface area contributed by atoms with Crippen LogP contribution in [0.2, 0.25) is 0 Å². The largest absolute Gasteiger partial charge is 0.396 e. The highest BCUT2D eigenvalue weighted by Crippen LogP contribution is 2.14. The van der Waals surface area contributed by atoms with Crippen LogP contribution >= 0.6 is 0 Å². The van der Waals surface area contributed by atoms with Crippen LogP contribution in [-0.2, 0) is 0 Å². The van der Waals surface area contributed by atoms with Gasteiger partial charge in [-0.05, 0) is 25.2 Å². The number of rotatable bonds is 4. The minimum Gasteiger partial charge on any atom is -0.396 e. The van der Waals surface area contributed by atoms with Crippen molar-refractivity contribution < 1.29 is 10.2 Å². The number of hydrogen-bond donors (Lipinski definition) is 2. The van der Waals surface area contributed by atoms with Gasteiger partial charge < -0.3 is 10.2 Å². The minimum absolute atomic E-state index is 0.219. The van der Waals surface area contributed by atoms with Gasteiger partial charge in [0.25, 0.3) is 0 Å².